The SMILES string of the molecule is CN1CCCC1C(=O)NCC1=Cc2cccc3cccc1c23. The van der Waals surface area contributed by atoms with Crippen molar-refractivity contribution in [2.75, 3.05) is 20.1 Å². The molecule has 1 aliphatic heterocycles. The van der Waals surface area contributed by atoms with Gasteiger partial charge in [-0.25, -0.2) is 0 Å². The summed E-state index contributed by atoms with van der Waals surface area (Å²) in [6.45, 7) is 1.63. The summed E-state index contributed by atoms with van der Waals surface area (Å²) in [6.07, 6.45) is 4.29. The lowest BCUT2D eigenvalue weighted by Crippen LogP contribution is -2.41. The average Bonchev–Trinajstić information content (AvgIpc) is 3.11. The molecule has 3 nitrogen and oxygen atoms in total. The Hall–Kier alpha value is -2.13. The van der Waals surface area contributed by atoms with Crippen LogP contribution >= 0.6 is 0 Å². The van der Waals surface area contributed by atoms with E-state index in [1.807, 2.05) is 7.05 Å². The summed E-state index contributed by atoms with van der Waals surface area (Å²) in [6, 6.07) is 12.8. The second kappa shape index (κ2) is 5.25. The van der Waals surface area contributed by atoms with E-state index in [2.05, 4.69) is 52.7 Å². The van der Waals surface area contributed by atoms with Gasteiger partial charge in [0.2, 0.25) is 5.91 Å². The van der Waals surface area contributed by atoms with Crippen LogP contribution < -0.4 is 5.32 Å². The maximum atomic E-state index is 12.3. The molecule has 0 spiro atoms. The van der Waals surface area contributed by atoms with Crippen LogP contribution in [0.5, 0.6) is 0 Å². The van der Waals surface area contributed by atoms with Gasteiger partial charge in [-0.05, 0) is 60.0 Å². The molecule has 2 aromatic rings. The highest BCUT2D eigenvalue weighted by molar-refractivity contribution is 6.09. The van der Waals surface area contributed by atoms with Gasteiger partial charge >= 0.3 is 0 Å². The molecular formula is C19H20N2O. The molecule has 1 aliphatic carbocycles. The molecule has 0 saturated carbocycles. The molecule has 1 N–H and O–H groups in total. The Balaban J connectivity index is 1.54. The monoisotopic (exact) mass is 292 g/mol. The fourth-order valence-electron chi connectivity index (χ4n) is 3.71. The van der Waals surface area contributed by atoms with Crippen molar-refractivity contribution in [1.82, 2.24) is 10.2 Å². The Morgan fingerprint density at radius 1 is 1.27 bits per heavy atom. The van der Waals surface area contributed by atoms with Gasteiger partial charge in [0.15, 0.2) is 0 Å². The van der Waals surface area contributed by atoms with Crippen molar-refractivity contribution < 1.29 is 4.79 Å². The molecule has 0 radical (unpaired) electrons. The Morgan fingerprint density at radius 2 is 2.09 bits per heavy atom. The number of hydrogen-bond acceptors (Lipinski definition) is 2. The van der Waals surface area contributed by atoms with Gasteiger partial charge in [-0.1, -0.05) is 36.4 Å². The lowest BCUT2D eigenvalue weighted by molar-refractivity contribution is -0.124. The molecule has 1 saturated heterocycles. The minimum Gasteiger partial charge on any atom is -0.351 e. The summed E-state index contributed by atoms with van der Waals surface area (Å²) in [5.74, 6) is 0.157. The van der Waals surface area contributed by atoms with Crippen molar-refractivity contribution in [1.29, 1.82) is 0 Å². The summed E-state index contributed by atoms with van der Waals surface area (Å²) in [7, 11) is 2.03. The highest BCUT2D eigenvalue weighted by atomic mass is 16.2. The molecule has 3 heteroatoms. The zero-order valence-corrected chi connectivity index (χ0v) is 12.8. The maximum Gasteiger partial charge on any atom is 0.237 e. The molecular weight excluding hydrogens is 272 g/mol. The highest BCUT2D eigenvalue weighted by Crippen LogP contribution is 2.35. The molecule has 2 aliphatic rings. The van der Waals surface area contributed by atoms with Gasteiger partial charge < -0.3 is 5.32 Å². The van der Waals surface area contributed by atoms with Crippen LogP contribution in [0.1, 0.15) is 24.0 Å². The van der Waals surface area contributed by atoms with E-state index in [9.17, 15) is 4.79 Å². The van der Waals surface area contributed by atoms with E-state index in [-0.39, 0.29) is 11.9 Å². The number of nitrogens with zero attached hydrogens (tertiary/aromatic N) is 1. The third-order valence-electron chi connectivity index (χ3n) is 4.89. The number of hydrogen-bond donors (Lipinski definition) is 1. The fraction of sp³-hybridized carbons (Fsp3) is 0.316. The summed E-state index contributed by atoms with van der Waals surface area (Å²) in [4.78, 5) is 14.5. The van der Waals surface area contributed by atoms with E-state index in [1.165, 1.54) is 27.5 Å². The molecule has 1 heterocycles. The van der Waals surface area contributed by atoms with Crippen molar-refractivity contribution in [3.05, 3.63) is 47.5 Å². The average molecular weight is 292 g/mol. The first-order valence-corrected chi connectivity index (χ1v) is 7.95. The normalized spacial score (nSPS) is 20.4. The first-order chi connectivity index (χ1) is 10.7. The van der Waals surface area contributed by atoms with Crippen LogP contribution in [0, 0.1) is 0 Å². The van der Waals surface area contributed by atoms with E-state index in [4.69, 9.17) is 0 Å². The van der Waals surface area contributed by atoms with Gasteiger partial charge in [0.25, 0.3) is 0 Å². The maximum absolute atomic E-state index is 12.3. The van der Waals surface area contributed by atoms with E-state index >= 15 is 0 Å². The third kappa shape index (κ3) is 2.13. The first-order valence-electron chi connectivity index (χ1n) is 7.95. The van der Waals surface area contributed by atoms with Crippen LogP contribution in [-0.2, 0) is 4.79 Å². The molecule has 1 unspecified atom stereocenters. The first kappa shape index (κ1) is 13.5. The van der Waals surface area contributed by atoms with Gasteiger partial charge in [-0.15, -0.1) is 0 Å². The molecule has 0 bridgehead atoms. The topological polar surface area (TPSA) is 32.3 Å². The Kier molecular flexibility index (Phi) is 3.23. The quantitative estimate of drug-likeness (QED) is 0.943. The lowest BCUT2D eigenvalue weighted by Gasteiger charge is -2.19. The number of carbonyl (C=O) groups excluding carboxylic acids is 1. The van der Waals surface area contributed by atoms with Gasteiger partial charge in [-0.3, -0.25) is 9.69 Å². The second-order valence-electron chi connectivity index (χ2n) is 6.28. The van der Waals surface area contributed by atoms with E-state index in [0.29, 0.717) is 6.54 Å². The largest absolute Gasteiger partial charge is 0.351 e. The van der Waals surface area contributed by atoms with E-state index < -0.39 is 0 Å². The van der Waals surface area contributed by atoms with Crippen LogP contribution in [0.15, 0.2) is 36.4 Å². The number of rotatable bonds is 3. The van der Waals surface area contributed by atoms with Gasteiger partial charge in [0, 0.05) is 6.54 Å². The molecule has 22 heavy (non-hydrogen) atoms. The van der Waals surface area contributed by atoms with Crippen LogP contribution in [0.3, 0.4) is 0 Å². The standard InChI is InChI=1S/C19H20N2O/c1-21-10-4-9-17(21)19(22)20-12-15-11-14-7-2-5-13-6-3-8-16(15)18(13)14/h2-3,5-8,11,17H,4,9-10,12H2,1H3,(H,20,22). The van der Waals surface area contributed by atoms with Gasteiger partial charge in [0.05, 0.1) is 6.04 Å². The Labute approximate surface area is 130 Å². The molecule has 112 valence electrons. The van der Waals surface area contributed by atoms with E-state index in [0.717, 1.165) is 19.4 Å². The van der Waals surface area contributed by atoms with Gasteiger partial charge in [0.1, 0.15) is 0 Å². The van der Waals surface area contributed by atoms with Crippen LogP contribution in [0.2, 0.25) is 0 Å². The number of amides is 1. The number of nitrogens with one attached hydrogen (secondary N) is 1. The molecule has 2 aromatic carbocycles. The molecule has 4 rings (SSSR count). The van der Waals surface area contributed by atoms with Crippen molar-refractivity contribution in [3.8, 4) is 0 Å². The highest BCUT2D eigenvalue weighted by Gasteiger charge is 2.27. The lowest BCUT2D eigenvalue weighted by atomic mass is 10.0. The van der Waals surface area contributed by atoms with Crippen LogP contribution in [-0.4, -0.2) is 37.0 Å². The third-order valence-corrected chi connectivity index (χ3v) is 4.89. The summed E-state index contributed by atoms with van der Waals surface area (Å²) in [5, 5.41) is 5.70. The van der Waals surface area contributed by atoms with Crippen molar-refractivity contribution in [3.63, 3.8) is 0 Å². The second-order valence-corrected chi connectivity index (χ2v) is 6.28. The predicted octanol–water partition coefficient (Wildman–Crippen LogP) is 2.90. The number of likely N-dealkylation sites (N-methyl/N-ethyl adjacent to an activating group) is 1. The smallest absolute Gasteiger partial charge is 0.237 e. The Bertz CT molecular complexity index is 773. The zero-order chi connectivity index (χ0) is 15.1. The van der Waals surface area contributed by atoms with E-state index in [1.54, 1.807) is 0 Å². The predicted molar refractivity (Wildman–Crippen MR) is 90.5 cm³/mol. The molecule has 0 aromatic heterocycles. The molecule has 1 fully saturated rings. The van der Waals surface area contributed by atoms with Crippen LogP contribution in [0.25, 0.3) is 22.4 Å². The number of likely N-dealkylation sites (tertiary alicyclic amines) is 1. The summed E-state index contributed by atoms with van der Waals surface area (Å²) >= 11 is 0. The molecule has 1 amide bonds. The zero-order valence-electron chi connectivity index (χ0n) is 12.8. The van der Waals surface area contributed by atoms with Crippen LogP contribution in [0.4, 0.5) is 0 Å². The number of carbonyl (C=O) groups is 1. The number of benzene rings is 2. The fourth-order valence-corrected chi connectivity index (χ4v) is 3.71. The van der Waals surface area contributed by atoms with Crippen molar-refractivity contribution in [2.45, 2.75) is 18.9 Å². The van der Waals surface area contributed by atoms with Gasteiger partial charge in [-0.2, -0.15) is 0 Å². The van der Waals surface area contributed by atoms with Crippen molar-refractivity contribution >= 4 is 28.3 Å². The molecule has 1 atom stereocenters. The summed E-state index contributed by atoms with van der Waals surface area (Å²) in [5.41, 5.74) is 3.73. The minimum atomic E-state index is 0.0418. The Morgan fingerprint density at radius 3 is 2.86 bits per heavy atom. The van der Waals surface area contributed by atoms with Crippen molar-refractivity contribution in [2.24, 2.45) is 0 Å². The minimum absolute atomic E-state index is 0.0418. The summed E-state index contributed by atoms with van der Waals surface area (Å²) < 4.78 is 0.